The lowest BCUT2D eigenvalue weighted by Gasteiger charge is -2.01. The summed E-state index contributed by atoms with van der Waals surface area (Å²) in [6.45, 7) is 4.04. The lowest BCUT2D eigenvalue weighted by Crippen LogP contribution is -1.98. The van der Waals surface area contributed by atoms with Crippen molar-refractivity contribution in [3.63, 3.8) is 0 Å². The van der Waals surface area contributed by atoms with E-state index in [2.05, 4.69) is 15.3 Å². The Hall–Kier alpha value is -2.25. The molecule has 3 heterocycles. The molecular weight excluding hydrogens is 344 g/mol. The molecule has 122 valence electrons. The first-order valence-electron chi connectivity index (χ1n) is 7.49. The summed E-state index contributed by atoms with van der Waals surface area (Å²) in [5.41, 5.74) is 4.13. The summed E-state index contributed by atoms with van der Waals surface area (Å²) in [6.07, 6.45) is 0.592. The molecule has 24 heavy (non-hydrogen) atoms. The third kappa shape index (κ3) is 2.40. The molecule has 0 bridgehead atoms. The third-order valence-corrected chi connectivity index (χ3v) is 5.37. The largest absolute Gasteiger partial charge is 0.272 e. The van der Waals surface area contributed by atoms with Gasteiger partial charge in [-0.15, -0.1) is 10.2 Å². The summed E-state index contributed by atoms with van der Waals surface area (Å²) < 4.78 is 3.67. The van der Waals surface area contributed by atoms with E-state index in [9.17, 15) is 0 Å². The number of hydrogen-bond acceptors (Lipinski definition) is 5. The monoisotopic (exact) mass is 358 g/mol. The topological polar surface area (TPSA) is 60.9 Å². The van der Waals surface area contributed by atoms with Gasteiger partial charge in [0.2, 0.25) is 4.96 Å². The fraction of sp³-hybridized carbons (Fsp3) is 0.250. The van der Waals surface area contributed by atoms with Crippen LogP contribution in [0.25, 0.3) is 15.5 Å². The number of aromatic nitrogens is 6. The Bertz CT molecular complexity index is 1040. The van der Waals surface area contributed by atoms with E-state index < -0.39 is 0 Å². The number of nitrogens with zero attached hydrogens (tertiary/aromatic N) is 6. The highest BCUT2D eigenvalue weighted by molar-refractivity contribution is 7.19. The van der Waals surface area contributed by atoms with Gasteiger partial charge in [-0.1, -0.05) is 41.1 Å². The van der Waals surface area contributed by atoms with E-state index in [0.717, 1.165) is 43.3 Å². The van der Waals surface area contributed by atoms with E-state index in [1.54, 1.807) is 4.52 Å². The molecule has 0 amide bonds. The second-order valence-electron chi connectivity index (χ2n) is 5.66. The van der Waals surface area contributed by atoms with Crippen molar-refractivity contribution in [2.24, 2.45) is 7.05 Å². The molecular formula is C16H15ClN6S. The maximum Gasteiger partial charge on any atom is 0.234 e. The molecule has 0 unspecified atom stereocenters. The Labute approximate surface area is 147 Å². The van der Waals surface area contributed by atoms with Crippen molar-refractivity contribution in [3.05, 3.63) is 52.1 Å². The molecule has 1 aromatic carbocycles. The fourth-order valence-corrected chi connectivity index (χ4v) is 3.97. The van der Waals surface area contributed by atoms with Crippen LogP contribution in [0.2, 0.25) is 5.02 Å². The zero-order valence-electron chi connectivity index (χ0n) is 13.5. The van der Waals surface area contributed by atoms with Crippen LogP contribution in [0.15, 0.2) is 24.3 Å². The average Bonchev–Trinajstić information content (AvgIpc) is 3.17. The average molecular weight is 359 g/mol. The summed E-state index contributed by atoms with van der Waals surface area (Å²) in [4.78, 5) is 0.773. The number of hydrogen-bond donors (Lipinski definition) is 0. The van der Waals surface area contributed by atoms with Crippen molar-refractivity contribution < 1.29 is 0 Å². The Morgan fingerprint density at radius 1 is 1.12 bits per heavy atom. The predicted octanol–water partition coefficient (Wildman–Crippen LogP) is 3.45. The van der Waals surface area contributed by atoms with Crippen LogP contribution in [0.4, 0.5) is 0 Å². The molecule has 0 N–H and O–H groups in total. The van der Waals surface area contributed by atoms with Crippen LogP contribution in [0.3, 0.4) is 0 Å². The third-order valence-electron chi connectivity index (χ3n) is 4.08. The lowest BCUT2D eigenvalue weighted by atomic mass is 10.1. The molecule has 8 heteroatoms. The van der Waals surface area contributed by atoms with Crippen LogP contribution in [0, 0.1) is 13.8 Å². The van der Waals surface area contributed by atoms with Gasteiger partial charge in [0.05, 0.1) is 11.3 Å². The molecule has 0 aliphatic rings. The second-order valence-corrected chi connectivity index (χ2v) is 7.02. The van der Waals surface area contributed by atoms with E-state index in [1.165, 1.54) is 11.3 Å². The molecule has 3 aromatic heterocycles. The smallest absolute Gasteiger partial charge is 0.234 e. The lowest BCUT2D eigenvalue weighted by molar-refractivity contribution is 0.731. The minimum absolute atomic E-state index is 0.592. The Kier molecular flexibility index (Phi) is 3.62. The van der Waals surface area contributed by atoms with Crippen LogP contribution in [0.1, 0.15) is 22.8 Å². The second kappa shape index (κ2) is 5.68. The van der Waals surface area contributed by atoms with Gasteiger partial charge in [-0.05, 0) is 25.5 Å². The number of fused-ring (bicyclic) bond motifs is 1. The maximum atomic E-state index is 6.25. The fourth-order valence-electron chi connectivity index (χ4n) is 2.76. The van der Waals surface area contributed by atoms with E-state index in [4.69, 9.17) is 16.7 Å². The Morgan fingerprint density at radius 3 is 2.62 bits per heavy atom. The molecule has 0 fully saturated rings. The molecule has 0 spiro atoms. The van der Waals surface area contributed by atoms with E-state index in [1.807, 2.05) is 49.8 Å². The summed E-state index contributed by atoms with van der Waals surface area (Å²) in [6, 6.07) is 7.75. The van der Waals surface area contributed by atoms with E-state index in [0.29, 0.717) is 6.42 Å². The number of benzene rings is 1. The first kappa shape index (κ1) is 15.3. The normalized spacial score (nSPS) is 11.5. The molecule has 0 aliphatic heterocycles. The van der Waals surface area contributed by atoms with Gasteiger partial charge in [-0.25, -0.2) is 0 Å². The molecule has 0 saturated heterocycles. The van der Waals surface area contributed by atoms with E-state index in [-0.39, 0.29) is 0 Å². The van der Waals surface area contributed by atoms with Crippen molar-refractivity contribution >= 4 is 27.9 Å². The standard InChI is InChI=1S/C16H15ClN6S/c1-9-14(10(2)22(3)20-9)15-21-23-13(18-19-16(23)24-15)8-11-6-4-5-7-12(11)17/h4-7H,8H2,1-3H3. The number of halogens is 1. The van der Waals surface area contributed by atoms with Gasteiger partial charge in [-0.3, -0.25) is 4.68 Å². The van der Waals surface area contributed by atoms with Crippen LogP contribution in [-0.2, 0) is 13.5 Å². The molecule has 0 saturated carbocycles. The Morgan fingerprint density at radius 2 is 1.92 bits per heavy atom. The summed E-state index contributed by atoms with van der Waals surface area (Å²) in [7, 11) is 1.94. The number of aryl methyl sites for hydroxylation is 2. The van der Waals surface area contributed by atoms with Gasteiger partial charge < -0.3 is 0 Å². The van der Waals surface area contributed by atoms with Gasteiger partial charge >= 0.3 is 0 Å². The minimum atomic E-state index is 0.592. The SMILES string of the molecule is Cc1nn(C)c(C)c1-c1nn2c(Cc3ccccc3Cl)nnc2s1. The van der Waals surface area contributed by atoms with Crippen LogP contribution < -0.4 is 0 Å². The van der Waals surface area contributed by atoms with Crippen LogP contribution in [0.5, 0.6) is 0 Å². The molecule has 0 aliphatic carbocycles. The van der Waals surface area contributed by atoms with Gasteiger partial charge in [0, 0.05) is 24.2 Å². The molecule has 0 radical (unpaired) electrons. The molecule has 6 nitrogen and oxygen atoms in total. The minimum Gasteiger partial charge on any atom is -0.272 e. The van der Waals surface area contributed by atoms with Gasteiger partial charge in [0.15, 0.2) is 10.8 Å². The van der Waals surface area contributed by atoms with E-state index >= 15 is 0 Å². The molecule has 4 rings (SSSR count). The highest BCUT2D eigenvalue weighted by Crippen LogP contribution is 2.31. The highest BCUT2D eigenvalue weighted by atomic mass is 35.5. The van der Waals surface area contributed by atoms with Crippen molar-refractivity contribution in [1.82, 2.24) is 29.6 Å². The summed E-state index contributed by atoms with van der Waals surface area (Å²) >= 11 is 7.77. The number of rotatable bonds is 3. The van der Waals surface area contributed by atoms with Gasteiger partial charge in [-0.2, -0.15) is 14.7 Å². The molecule has 0 atom stereocenters. The van der Waals surface area contributed by atoms with Gasteiger partial charge in [0.1, 0.15) is 0 Å². The van der Waals surface area contributed by atoms with Crippen LogP contribution >= 0.6 is 22.9 Å². The van der Waals surface area contributed by atoms with Crippen molar-refractivity contribution in [2.45, 2.75) is 20.3 Å². The zero-order valence-corrected chi connectivity index (χ0v) is 15.1. The summed E-state index contributed by atoms with van der Waals surface area (Å²) in [5, 5.41) is 19.3. The Balaban J connectivity index is 1.78. The summed E-state index contributed by atoms with van der Waals surface area (Å²) in [5.74, 6) is 0.778. The predicted molar refractivity (Wildman–Crippen MR) is 94.6 cm³/mol. The van der Waals surface area contributed by atoms with Crippen LogP contribution in [-0.4, -0.2) is 29.6 Å². The quantitative estimate of drug-likeness (QED) is 0.562. The van der Waals surface area contributed by atoms with Crippen molar-refractivity contribution in [1.29, 1.82) is 0 Å². The molecule has 4 aromatic rings. The van der Waals surface area contributed by atoms with Gasteiger partial charge in [0.25, 0.3) is 0 Å². The van der Waals surface area contributed by atoms with Crippen molar-refractivity contribution in [2.75, 3.05) is 0 Å². The van der Waals surface area contributed by atoms with Crippen molar-refractivity contribution in [3.8, 4) is 10.6 Å². The zero-order chi connectivity index (χ0) is 16.8. The maximum absolute atomic E-state index is 6.25. The first-order chi connectivity index (χ1) is 11.5. The highest BCUT2D eigenvalue weighted by Gasteiger charge is 2.19. The first-order valence-corrected chi connectivity index (χ1v) is 8.69.